The van der Waals surface area contributed by atoms with Gasteiger partial charge in [-0.3, -0.25) is 12.9 Å². The summed E-state index contributed by atoms with van der Waals surface area (Å²) in [6.07, 6.45) is 0. The van der Waals surface area contributed by atoms with Crippen LogP contribution in [0.1, 0.15) is 0 Å². The van der Waals surface area contributed by atoms with E-state index in [1.165, 1.54) is 66.7 Å². The number of nitrogens with one attached hydrogen (secondary N) is 1. The van der Waals surface area contributed by atoms with Crippen LogP contribution < -0.4 is 9.50 Å². The maximum absolute atomic E-state index is 12.7. The Morgan fingerprint density at radius 1 is 0.603 bits per heavy atom. The van der Waals surface area contributed by atoms with Crippen LogP contribution in [-0.4, -0.2) is 81.3 Å². The quantitative estimate of drug-likeness (QED) is 0.0102. The molecule has 0 heterocycles. The number of hydrogen-bond donors (Lipinski definition) is 6. The molecule has 58 heavy (non-hydrogen) atoms. The molecule has 0 bridgehead atoms. The van der Waals surface area contributed by atoms with Crippen LogP contribution in [0.2, 0.25) is 0 Å². The van der Waals surface area contributed by atoms with E-state index in [0.717, 1.165) is 0 Å². The minimum absolute atomic E-state index is 0.0209. The Bertz CT molecular complexity index is 2370. The third-order valence-corrected chi connectivity index (χ3v) is 11.9. The number of azo groups is 2. The normalized spacial score (nSPS) is 12.6. The van der Waals surface area contributed by atoms with E-state index >= 15 is 0 Å². The van der Waals surface area contributed by atoms with Crippen molar-refractivity contribution in [1.29, 1.82) is 0 Å². The number of nitrogens with zero attached hydrogens (tertiary/aromatic N) is 4. The number of aromatic hydroxyl groups is 1. The van der Waals surface area contributed by atoms with Crippen LogP contribution >= 0.6 is 37.0 Å². The number of phenols is 1. The lowest BCUT2D eigenvalue weighted by atomic mass is 10.0. The lowest BCUT2D eigenvalue weighted by molar-refractivity contribution is -0.434. The Morgan fingerprint density at radius 2 is 1.09 bits per heavy atom. The van der Waals surface area contributed by atoms with E-state index in [1.807, 2.05) is 0 Å². The maximum Gasteiger partial charge on any atom is 0.283 e. The summed E-state index contributed by atoms with van der Waals surface area (Å²) in [6, 6.07) is 14.0. The van der Waals surface area contributed by atoms with Crippen LogP contribution in [0.4, 0.5) is 28.4 Å². The Labute approximate surface area is 340 Å². The molecule has 0 unspecified atom stereocenters. The van der Waals surface area contributed by atoms with Crippen molar-refractivity contribution in [3.8, 4) is 11.5 Å². The highest BCUT2D eigenvalue weighted by atomic mass is 32.2. The van der Waals surface area contributed by atoms with Gasteiger partial charge in [0.1, 0.15) is 11.6 Å². The molecule has 0 amide bonds. The van der Waals surface area contributed by atoms with Crippen molar-refractivity contribution in [3.63, 3.8) is 0 Å². The van der Waals surface area contributed by atoms with Gasteiger partial charge in [0.25, 0.3) is 22.4 Å². The van der Waals surface area contributed by atoms with Gasteiger partial charge in [0, 0.05) is 10.8 Å². The van der Waals surface area contributed by atoms with Gasteiger partial charge in [-0.05, 0) is 66.7 Å². The predicted octanol–water partition coefficient (Wildman–Crippen LogP) is 6.55. The van der Waals surface area contributed by atoms with Gasteiger partial charge >= 0.3 is 0 Å². The summed E-state index contributed by atoms with van der Waals surface area (Å²) in [7, 11) is -12.2. The summed E-state index contributed by atoms with van der Waals surface area (Å²) in [5.41, 5.74) is -0.277. The molecule has 0 aliphatic heterocycles. The molecule has 0 spiro atoms. The first-order valence-electron chi connectivity index (χ1n) is 15.0. The number of anilines is 1. The van der Waals surface area contributed by atoms with Gasteiger partial charge in [-0.1, -0.05) is 19.4 Å². The van der Waals surface area contributed by atoms with E-state index in [4.69, 9.17) is 28.3 Å². The van der Waals surface area contributed by atoms with Gasteiger partial charge in [-0.15, -0.1) is 18.9 Å². The second-order valence-corrected chi connectivity index (χ2v) is 17.5. The summed E-state index contributed by atoms with van der Waals surface area (Å²) < 4.78 is 110. The van der Waals surface area contributed by atoms with Crippen molar-refractivity contribution in [1.82, 2.24) is 0 Å². The zero-order valence-corrected chi connectivity index (χ0v) is 33.4. The van der Waals surface area contributed by atoms with Crippen molar-refractivity contribution in [2.24, 2.45) is 20.5 Å². The molecular weight excluding hydrogens is 907 g/mol. The Balaban J connectivity index is 1.69. The molecule has 0 radical (unpaired) electrons. The van der Waals surface area contributed by atoms with Crippen molar-refractivity contribution in [2.45, 2.75) is 9.79 Å². The first-order chi connectivity index (χ1) is 27.7. The zero-order valence-electron chi connectivity index (χ0n) is 28.5. The second-order valence-electron chi connectivity index (χ2n) is 10.4. The fourth-order valence-corrected chi connectivity index (χ4v) is 7.77. The standard InChI is InChI=1S/C27H27N5O20S6/c33-27-21-9-10-23(28-16-58(41,42)43)25(31-29-17-1-5-19(6-2-17)56(37,38)13-11-44-53-50-47-34)22(21)15-24(46-55-52-49-36)26(27)32-30-18-3-7-20(8-4-18)57(39,40)14-12-45-54-51-48-35/h1-10,15,28,33-36H,11-14,16H2,(H,41,42,43). The summed E-state index contributed by atoms with van der Waals surface area (Å²) in [5.74, 6) is -2.79. The molecule has 4 aromatic rings. The molecule has 0 aliphatic carbocycles. The van der Waals surface area contributed by atoms with Crippen LogP contribution in [0.5, 0.6) is 11.5 Å². The first-order valence-corrected chi connectivity index (χ1v) is 22.0. The number of rotatable bonds is 25. The molecule has 0 fully saturated rings. The van der Waals surface area contributed by atoms with E-state index in [2.05, 4.69) is 53.9 Å². The van der Waals surface area contributed by atoms with Gasteiger partial charge in [-0.2, -0.15) is 18.6 Å². The van der Waals surface area contributed by atoms with Crippen molar-refractivity contribution in [2.75, 3.05) is 35.9 Å². The fraction of sp³-hybridized carbons (Fsp3) is 0.185. The number of phenolic OH excluding ortho intramolecular Hbond substituents is 1. The second kappa shape index (κ2) is 22.5. The molecule has 0 saturated carbocycles. The third kappa shape index (κ3) is 14.2. The smallest absolute Gasteiger partial charge is 0.283 e. The van der Waals surface area contributed by atoms with E-state index in [9.17, 15) is 34.9 Å². The van der Waals surface area contributed by atoms with Crippen molar-refractivity contribution >= 4 is 106 Å². The SMILES string of the molecule is O=S(=O)(O)CNc1ccc2c(O)c(N=Nc3ccc(S(=O)(=O)CCOSOOO)cc3)c(OSOOO)cc2c1N=Nc1ccc(S(=O)(=O)CCOSOOO)cc1. The van der Waals surface area contributed by atoms with Crippen LogP contribution in [-0.2, 0) is 66.3 Å². The first kappa shape index (κ1) is 46.8. The lowest BCUT2D eigenvalue weighted by Crippen LogP contribution is -2.13. The number of hydrogen-bond acceptors (Lipinski definition) is 27. The molecule has 4 aromatic carbocycles. The van der Waals surface area contributed by atoms with Crippen LogP contribution in [0.3, 0.4) is 0 Å². The summed E-state index contributed by atoms with van der Waals surface area (Å²) in [6.45, 7) is -0.639. The Kier molecular flexibility index (Phi) is 18.2. The molecule has 25 nitrogen and oxygen atoms in total. The summed E-state index contributed by atoms with van der Waals surface area (Å²) in [5, 5.41) is 65.4. The topological polar surface area (TPSA) is 348 Å². The number of benzene rings is 4. The van der Waals surface area contributed by atoms with E-state index in [1.54, 1.807) is 0 Å². The fourth-order valence-electron chi connectivity index (χ4n) is 4.36. The van der Waals surface area contributed by atoms with Crippen molar-refractivity contribution in [3.05, 3.63) is 66.7 Å². The minimum Gasteiger partial charge on any atom is -0.505 e. The van der Waals surface area contributed by atoms with E-state index < -0.39 is 52.9 Å². The van der Waals surface area contributed by atoms with Crippen LogP contribution in [0, 0.1) is 0 Å². The Morgan fingerprint density at radius 3 is 1.57 bits per heavy atom. The molecule has 31 heteroatoms. The highest BCUT2D eigenvalue weighted by molar-refractivity contribution is 7.92. The van der Waals surface area contributed by atoms with Gasteiger partial charge in [0.15, 0.2) is 61.5 Å². The zero-order chi connectivity index (χ0) is 42.2. The number of fused-ring (bicyclic) bond motifs is 1. The number of sulfone groups is 2. The highest BCUT2D eigenvalue weighted by Gasteiger charge is 2.21. The summed E-state index contributed by atoms with van der Waals surface area (Å²) in [4.78, 5) is -0.206. The van der Waals surface area contributed by atoms with E-state index in [0.29, 0.717) is 0 Å². The molecule has 6 N–H and O–H groups in total. The summed E-state index contributed by atoms with van der Waals surface area (Å²) >= 11 is 0.498. The maximum atomic E-state index is 12.7. The molecule has 316 valence electrons. The van der Waals surface area contributed by atoms with Gasteiger partial charge in [0.05, 0.1) is 51.6 Å². The van der Waals surface area contributed by atoms with E-state index in [-0.39, 0.29) is 105 Å². The molecule has 0 aromatic heterocycles. The average molecular weight is 934 g/mol. The molecule has 0 aliphatic rings. The molecular formula is C27H27N5O20S6. The monoisotopic (exact) mass is 933 g/mol. The largest absolute Gasteiger partial charge is 0.505 e. The average Bonchev–Trinajstić information content (AvgIpc) is 3.19. The highest BCUT2D eigenvalue weighted by Crippen LogP contribution is 2.49. The van der Waals surface area contributed by atoms with Crippen LogP contribution in [0.25, 0.3) is 10.8 Å². The molecule has 0 saturated heterocycles. The van der Waals surface area contributed by atoms with Crippen molar-refractivity contribution < 1.29 is 91.3 Å². The van der Waals surface area contributed by atoms with Gasteiger partial charge in [-0.25, -0.2) is 32.6 Å². The van der Waals surface area contributed by atoms with Gasteiger partial charge in [0.2, 0.25) is 0 Å². The third-order valence-electron chi connectivity index (χ3n) is 6.84. The Hall–Kier alpha value is -3.84. The van der Waals surface area contributed by atoms with Gasteiger partial charge < -0.3 is 14.6 Å². The van der Waals surface area contributed by atoms with Crippen LogP contribution in [0.15, 0.2) is 97.0 Å². The predicted molar refractivity (Wildman–Crippen MR) is 201 cm³/mol. The minimum atomic E-state index is -4.57. The lowest BCUT2D eigenvalue weighted by Gasteiger charge is -2.14. The molecule has 0 atom stereocenters. The molecule has 4 rings (SSSR count).